The Morgan fingerprint density at radius 1 is 1.33 bits per heavy atom. The second-order valence-corrected chi connectivity index (χ2v) is 3.88. The molecule has 0 saturated carbocycles. The van der Waals surface area contributed by atoms with Crippen LogP contribution in [0.5, 0.6) is 0 Å². The van der Waals surface area contributed by atoms with Crippen molar-refractivity contribution in [3.8, 4) is 0 Å². The van der Waals surface area contributed by atoms with Crippen molar-refractivity contribution in [1.82, 2.24) is 20.0 Å². The molecule has 8 nitrogen and oxygen atoms in total. The second kappa shape index (κ2) is 4.55. The van der Waals surface area contributed by atoms with Crippen LogP contribution in [-0.2, 0) is 13.0 Å². The lowest BCUT2D eigenvalue weighted by Crippen LogP contribution is -2.04. The quantitative estimate of drug-likeness (QED) is 0.601. The Kier molecular flexibility index (Phi) is 3.09. The first-order chi connectivity index (χ1) is 8.52. The van der Waals surface area contributed by atoms with Crippen molar-refractivity contribution in [3.05, 3.63) is 33.3 Å². The zero-order valence-electron chi connectivity index (χ0n) is 10.4. The molecule has 8 heteroatoms. The Labute approximate surface area is 103 Å². The smallest absolute Gasteiger partial charge is 0.312 e. The average Bonchev–Trinajstić information content (AvgIpc) is 2.85. The Hall–Kier alpha value is -2.25. The Balaban J connectivity index is 2.29. The summed E-state index contributed by atoms with van der Waals surface area (Å²) in [7, 11) is 0. The summed E-state index contributed by atoms with van der Waals surface area (Å²) in [5, 5.41) is 22.7. The highest BCUT2D eigenvalue weighted by Gasteiger charge is 2.22. The summed E-state index contributed by atoms with van der Waals surface area (Å²) >= 11 is 0. The molecular formula is C10H13N5O3. The van der Waals surface area contributed by atoms with Crippen LogP contribution in [0.15, 0.2) is 4.42 Å². The van der Waals surface area contributed by atoms with E-state index in [1.54, 1.807) is 13.8 Å². The molecule has 96 valence electrons. The molecule has 0 aliphatic carbocycles. The fourth-order valence-electron chi connectivity index (χ4n) is 1.73. The maximum atomic E-state index is 10.9. The van der Waals surface area contributed by atoms with Gasteiger partial charge in [0, 0.05) is 6.42 Å². The molecule has 0 spiro atoms. The van der Waals surface area contributed by atoms with Gasteiger partial charge in [0.1, 0.15) is 17.9 Å². The van der Waals surface area contributed by atoms with E-state index in [1.165, 1.54) is 4.68 Å². The molecule has 2 aromatic heterocycles. The zero-order valence-corrected chi connectivity index (χ0v) is 10.4. The fraction of sp³-hybridized carbons (Fsp3) is 0.500. The van der Waals surface area contributed by atoms with Crippen LogP contribution >= 0.6 is 0 Å². The van der Waals surface area contributed by atoms with Crippen molar-refractivity contribution in [2.45, 2.75) is 33.7 Å². The molecular weight excluding hydrogens is 238 g/mol. The van der Waals surface area contributed by atoms with Crippen LogP contribution in [0.1, 0.15) is 30.1 Å². The monoisotopic (exact) mass is 251 g/mol. The van der Waals surface area contributed by atoms with Crippen molar-refractivity contribution in [1.29, 1.82) is 0 Å². The van der Waals surface area contributed by atoms with Crippen LogP contribution in [0.3, 0.4) is 0 Å². The Morgan fingerprint density at radius 3 is 2.50 bits per heavy atom. The molecule has 0 saturated heterocycles. The summed E-state index contributed by atoms with van der Waals surface area (Å²) in [6.45, 7) is 5.40. The first kappa shape index (κ1) is 12.2. The summed E-state index contributed by atoms with van der Waals surface area (Å²) < 4.78 is 6.85. The Morgan fingerprint density at radius 2 is 2.00 bits per heavy atom. The van der Waals surface area contributed by atoms with Gasteiger partial charge in [-0.3, -0.25) is 14.8 Å². The average molecular weight is 251 g/mol. The van der Waals surface area contributed by atoms with Crippen LogP contribution in [0.4, 0.5) is 5.69 Å². The lowest BCUT2D eigenvalue weighted by molar-refractivity contribution is -0.386. The number of aryl methyl sites for hydroxylation is 2. The fourth-order valence-corrected chi connectivity index (χ4v) is 1.73. The highest BCUT2D eigenvalue weighted by Crippen LogP contribution is 2.22. The number of hydrogen-bond acceptors (Lipinski definition) is 6. The van der Waals surface area contributed by atoms with Gasteiger partial charge in [-0.05, 0) is 13.8 Å². The number of nitro groups is 1. The molecule has 2 rings (SSSR count). The van der Waals surface area contributed by atoms with Crippen LogP contribution in [0.2, 0.25) is 0 Å². The van der Waals surface area contributed by atoms with Crippen LogP contribution in [0.25, 0.3) is 0 Å². The van der Waals surface area contributed by atoms with E-state index in [9.17, 15) is 10.1 Å². The molecule has 0 aliphatic rings. The molecule has 0 atom stereocenters. The minimum atomic E-state index is -0.431. The highest BCUT2D eigenvalue weighted by molar-refractivity contribution is 5.39. The maximum absolute atomic E-state index is 10.9. The van der Waals surface area contributed by atoms with E-state index in [1.807, 2.05) is 6.92 Å². The van der Waals surface area contributed by atoms with Gasteiger partial charge in [0.05, 0.1) is 4.92 Å². The first-order valence-corrected chi connectivity index (χ1v) is 5.52. The van der Waals surface area contributed by atoms with E-state index < -0.39 is 4.92 Å². The third kappa shape index (κ3) is 2.08. The number of hydrogen-bond donors (Lipinski definition) is 0. The minimum absolute atomic E-state index is 0.0326. The van der Waals surface area contributed by atoms with E-state index in [0.717, 1.165) is 0 Å². The minimum Gasteiger partial charge on any atom is -0.423 e. The summed E-state index contributed by atoms with van der Waals surface area (Å²) in [6.07, 6.45) is 0.657. The lowest BCUT2D eigenvalue weighted by Gasteiger charge is -1.98. The molecule has 0 fully saturated rings. The maximum Gasteiger partial charge on any atom is 0.312 e. The topological polar surface area (TPSA) is 99.9 Å². The summed E-state index contributed by atoms with van der Waals surface area (Å²) in [5.74, 6) is 0.938. The van der Waals surface area contributed by atoms with Gasteiger partial charge in [-0.2, -0.15) is 5.10 Å². The van der Waals surface area contributed by atoms with E-state index in [-0.39, 0.29) is 12.2 Å². The van der Waals surface area contributed by atoms with Crippen LogP contribution in [0, 0.1) is 24.0 Å². The van der Waals surface area contributed by atoms with Gasteiger partial charge in [-0.15, -0.1) is 10.2 Å². The van der Waals surface area contributed by atoms with Crippen molar-refractivity contribution in [2.75, 3.05) is 0 Å². The van der Waals surface area contributed by atoms with Crippen molar-refractivity contribution in [2.24, 2.45) is 0 Å². The van der Waals surface area contributed by atoms with E-state index in [0.29, 0.717) is 29.6 Å². The predicted molar refractivity (Wildman–Crippen MR) is 61.1 cm³/mol. The molecule has 0 aliphatic heterocycles. The van der Waals surface area contributed by atoms with Crippen molar-refractivity contribution < 1.29 is 9.34 Å². The molecule has 0 radical (unpaired) electrons. The van der Waals surface area contributed by atoms with Gasteiger partial charge >= 0.3 is 5.69 Å². The third-order valence-corrected chi connectivity index (χ3v) is 2.62. The SMILES string of the molecule is CCc1nnc(Cn2nc(C)c([N+](=O)[O-])c2C)o1. The molecule has 0 bridgehead atoms. The molecule has 0 amide bonds. The van der Waals surface area contributed by atoms with Crippen molar-refractivity contribution >= 4 is 5.69 Å². The molecule has 2 aromatic rings. The Bertz CT molecular complexity index is 586. The largest absolute Gasteiger partial charge is 0.423 e. The summed E-state index contributed by atoms with van der Waals surface area (Å²) in [6, 6.07) is 0. The van der Waals surface area contributed by atoms with Gasteiger partial charge in [-0.1, -0.05) is 6.92 Å². The predicted octanol–water partition coefficient (Wildman–Crippen LogP) is 1.40. The molecule has 2 heterocycles. The molecule has 18 heavy (non-hydrogen) atoms. The number of rotatable bonds is 4. The van der Waals surface area contributed by atoms with E-state index >= 15 is 0 Å². The number of nitrogens with zero attached hydrogens (tertiary/aromatic N) is 5. The lowest BCUT2D eigenvalue weighted by atomic mass is 10.3. The van der Waals surface area contributed by atoms with Gasteiger partial charge in [0.25, 0.3) is 0 Å². The standard InChI is InChI=1S/C10H13N5O3/c1-4-8-11-12-9(18-8)5-14-7(3)10(15(16)17)6(2)13-14/h4-5H2,1-3H3. The number of aromatic nitrogens is 4. The molecule has 0 N–H and O–H groups in total. The highest BCUT2D eigenvalue weighted by atomic mass is 16.6. The van der Waals surface area contributed by atoms with E-state index in [4.69, 9.17) is 4.42 Å². The van der Waals surface area contributed by atoms with Crippen molar-refractivity contribution in [3.63, 3.8) is 0 Å². The van der Waals surface area contributed by atoms with Crippen LogP contribution < -0.4 is 0 Å². The summed E-state index contributed by atoms with van der Waals surface area (Å²) in [4.78, 5) is 10.4. The third-order valence-electron chi connectivity index (χ3n) is 2.62. The van der Waals surface area contributed by atoms with Gasteiger partial charge < -0.3 is 4.42 Å². The zero-order chi connectivity index (χ0) is 13.3. The van der Waals surface area contributed by atoms with Gasteiger partial charge in [0.15, 0.2) is 0 Å². The molecule has 0 aromatic carbocycles. The first-order valence-electron chi connectivity index (χ1n) is 5.52. The van der Waals surface area contributed by atoms with Gasteiger partial charge in [0.2, 0.25) is 11.8 Å². The summed E-state index contributed by atoms with van der Waals surface area (Å²) in [5.41, 5.74) is 0.895. The van der Waals surface area contributed by atoms with Gasteiger partial charge in [-0.25, -0.2) is 0 Å². The van der Waals surface area contributed by atoms with Crippen LogP contribution in [-0.4, -0.2) is 24.9 Å². The molecule has 0 unspecified atom stereocenters. The van der Waals surface area contributed by atoms with E-state index in [2.05, 4.69) is 15.3 Å². The second-order valence-electron chi connectivity index (χ2n) is 3.88. The normalized spacial score (nSPS) is 10.8.